The maximum absolute atomic E-state index is 11.7. The molecule has 0 saturated heterocycles. The highest BCUT2D eigenvalue weighted by molar-refractivity contribution is 5.85. The number of rotatable bonds is 9. The van der Waals surface area contributed by atoms with Crippen LogP contribution >= 0.6 is 0 Å². The topological polar surface area (TPSA) is 86.5 Å². The van der Waals surface area contributed by atoms with Gasteiger partial charge in [-0.05, 0) is 42.2 Å². The minimum Gasteiger partial charge on any atom is -0.496 e. The van der Waals surface area contributed by atoms with Gasteiger partial charge >= 0.3 is 5.97 Å². The molecule has 1 heterocycles. The molecule has 0 atom stereocenters. The van der Waals surface area contributed by atoms with E-state index in [1.807, 2.05) is 43.2 Å². The number of carbonyl (C=O) groups excluding carboxylic acids is 1. The maximum Gasteiger partial charge on any atom is 0.305 e. The van der Waals surface area contributed by atoms with Crippen molar-refractivity contribution in [3.63, 3.8) is 0 Å². The molecule has 0 aromatic heterocycles. The Labute approximate surface area is 183 Å². The van der Waals surface area contributed by atoms with Gasteiger partial charge in [-0.25, -0.2) is 0 Å². The van der Waals surface area contributed by atoms with Gasteiger partial charge in [0.15, 0.2) is 0 Å². The Morgan fingerprint density at radius 2 is 1.81 bits per heavy atom. The first kappa shape index (κ1) is 22.9. The zero-order valence-electron chi connectivity index (χ0n) is 18.9. The molecule has 0 aliphatic carbocycles. The van der Waals surface area contributed by atoms with Crippen molar-refractivity contribution in [2.24, 2.45) is 5.84 Å². The molecule has 0 amide bonds. The van der Waals surface area contributed by atoms with Crippen molar-refractivity contribution in [2.75, 3.05) is 40.0 Å². The van der Waals surface area contributed by atoms with Crippen molar-refractivity contribution in [2.45, 2.75) is 32.9 Å². The van der Waals surface area contributed by atoms with Crippen LogP contribution in [0, 0.1) is 0 Å². The van der Waals surface area contributed by atoms with E-state index in [-0.39, 0.29) is 5.97 Å². The van der Waals surface area contributed by atoms with Gasteiger partial charge in [-0.1, -0.05) is 12.1 Å². The van der Waals surface area contributed by atoms with E-state index in [0.717, 1.165) is 33.5 Å². The normalized spacial score (nSPS) is 13.3. The van der Waals surface area contributed by atoms with Gasteiger partial charge in [-0.15, -0.1) is 0 Å². The van der Waals surface area contributed by atoms with Crippen LogP contribution in [-0.4, -0.2) is 46.1 Å². The van der Waals surface area contributed by atoms with Crippen molar-refractivity contribution in [1.82, 2.24) is 5.12 Å². The number of methoxy groups -OCH3 is 3. The number of hydrazine groups is 2. The highest BCUT2D eigenvalue weighted by atomic mass is 16.5. The van der Waals surface area contributed by atoms with Gasteiger partial charge in [-0.3, -0.25) is 15.6 Å². The van der Waals surface area contributed by atoms with Crippen LogP contribution in [0.1, 0.15) is 30.0 Å². The lowest BCUT2D eigenvalue weighted by atomic mass is 9.92. The average Bonchev–Trinajstić information content (AvgIpc) is 3.09. The van der Waals surface area contributed by atoms with Crippen molar-refractivity contribution in [3.8, 4) is 22.6 Å². The quantitative estimate of drug-likeness (QED) is 0.481. The van der Waals surface area contributed by atoms with Crippen LogP contribution in [0.4, 0.5) is 5.69 Å². The molecule has 0 fully saturated rings. The molecule has 2 N–H and O–H groups in total. The Balaban J connectivity index is 2.12. The van der Waals surface area contributed by atoms with E-state index >= 15 is 0 Å². The third-order valence-electron chi connectivity index (χ3n) is 5.53. The highest BCUT2D eigenvalue weighted by Gasteiger charge is 2.30. The summed E-state index contributed by atoms with van der Waals surface area (Å²) in [5, 5.41) is 3.56. The Hall–Kier alpha value is -2.81. The number of benzene rings is 2. The van der Waals surface area contributed by atoms with Crippen molar-refractivity contribution < 1.29 is 23.7 Å². The predicted octanol–water partition coefficient (Wildman–Crippen LogP) is 3.05. The van der Waals surface area contributed by atoms with Gasteiger partial charge in [0.2, 0.25) is 0 Å². The highest BCUT2D eigenvalue weighted by Crippen LogP contribution is 2.46. The second kappa shape index (κ2) is 10.00. The molecule has 8 heteroatoms. The fourth-order valence-corrected chi connectivity index (χ4v) is 3.95. The van der Waals surface area contributed by atoms with E-state index in [9.17, 15) is 4.79 Å². The molecule has 31 heavy (non-hydrogen) atoms. The summed E-state index contributed by atoms with van der Waals surface area (Å²) in [6.07, 6.45) is 0.870. The molecule has 1 aliphatic rings. The fourth-order valence-electron chi connectivity index (χ4n) is 3.95. The van der Waals surface area contributed by atoms with Crippen LogP contribution in [0.5, 0.6) is 11.5 Å². The summed E-state index contributed by atoms with van der Waals surface area (Å²) in [4.78, 5) is 11.7. The number of carbonyl (C=O) groups is 1. The summed E-state index contributed by atoms with van der Waals surface area (Å²) in [5.41, 5.74) is 5.90. The maximum atomic E-state index is 11.7. The number of hydrogen-bond donors (Lipinski definition) is 1. The molecule has 1 aliphatic heterocycles. The minimum absolute atomic E-state index is 0.240. The first-order valence-corrected chi connectivity index (χ1v) is 10.3. The molecule has 0 saturated carbocycles. The number of esters is 1. The Morgan fingerprint density at radius 3 is 2.39 bits per heavy atom. The summed E-state index contributed by atoms with van der Waals surface area (Å²) in [6.45, 7) is 3.60. The lowest BCUT2D eigenvalue weighted by molar-refractivity contribution is -0.140. The molecule has 168 valence electrons. The number of hydrogen-bond acceptors (Lipinski definition) is 8. The van der Waals surface area contributed by atoms with E-state index in [0.29, 0.717) is 44.1 Å². The smallest absolute Gasteiger partial charge is 0.305 e. The molecule has 2 aromatic rings. The van der Waals surface area contributed by atoms with E-state index in [2.05, 4.69) is 0 Å². The van der Waals surface area contributed by atoms with Crippen LogP contribution in [0.15, 0.2) is 24.3 Å². The zero-order valence-corrected chi connectivity index (χ0v) is 18.9. The summed E-state index contributed by atoms with van der Waals surface area (Å²) in [5.74, 6) is 7.41. The Morgan fingerprint density at radius 1 is 1.13 bits per heavy atom. The molecule has 8 nitrogen and oxygen atoms in total. The Kier molecular flexibility index (Phi) is 7.37. The van der Waals surface area contributed by atoms with Crippen LogP contribution in [-0.2, 0) is 33.8 Å². The summed E-state index contributed by atoms with van der Waals surface area (Å²) >= 11 is 0. The summed E-state index contributed by atoms with van der Waals surface area (Å²) in [6, 6.07) is 8.02. The van der Waals surface area contributed by atoms with E-state index < -0.39 is 0 Å². The predicted molar refractivity (Wildman–Crippen MR) is 119 cm³/mol. The van der Waals surface area contributed by atoms with Gasteiger partial charge < -0.3 is 18.9 Å². The molecule has 0 bridgehead atoms. The van der Waals surface area contributed by atoms with Crippen LogP contribution < -0.4 is 20.3 Å². The standard InChI is InChI=1S/C23H31N3O5/c1-6-31-14-15-11-19(28-3)22(20(12-15)29-4)17-9-7-16(8-10-21(27)30-5)23-18(17)13-26(24)25(23)2/h7,9,11-12H,6,8,10,13-14,24H2,1-5H3. The second-order valence-corrected chi connectivity index (χ2v) is 7.31. The van der Waals surface area contributed by atoms with Gasteiger partial charge in [0.25, 0.3) is 0 Å². The van der Waals surface area contributed by atoms with E-state index in [1.165, 1.54) is 7.11 Å². The van der Waals surface area contributed by atoms with Crippen molar-refractivity contribution in [3.05, 3.63) is 41.0 Å². The number of fused-ring (bicyclic) bond motifs is 1. The number of anilines is 1. The first-order chi connectivity index (χ1) is 14.9. The van der Waals surface area contributed by atoms with Gasteiger partial charge in [-0.2, -0.15) is 5.12 Å². The molecule has 0 spiro atoms. The number of ether oxygens (including phenoxy) is 4. The molecule has 3 rings (SSSR count). The number of nitrogens with zero attached hydrogens (tertiary/aromatic N) is 2. The second-order valence-electron chi connectivity index (χ2n) is 7.31. The average molecular weight is 430 g/mol. The molecule has 0 unspecified atom stereocenters. The van der Waals surface area contributed by atoms with Crippen LogP contribution in [0.2, 0.25) is 0 Å². The summed E-state index contributed by atoms with van der Waals surface area (Å²) < 4.78 is 21.8. The molecule has 2 aromatic carbocycles. The Bertz CT molecular complexity index is 922. The fraction of sp³-hybridized carbons (Fsp3) is 0.435. The lowest BCUT2D eigenvalue weighted by Gasteiger charge is -2.23. The molecular weight excluding hydrogens is 398 g/mol. The van der Waals surface area contributed by atoms with Gasteiger partial charge in [0.05, 0.1) is 45.7 Å². The van der Waals surface area contributed by atoms with Crippen molar-refractivity contribution >= 4 is 11.7 Å². The lowest BCUT2D eigenvalue weighted by Crippen LogP contribution is -2.40. The minimum atomic E-state index is -0.240. The number of aryl methyl sites for hydroxylation is 1. The first-order valence-electron chi connectivity index (χ1n) is 10.3. The third-order valence-corrected chi connectivity index (χ3v) is 5.53. The monoisotopic (exact) mass is 429 g/mol. The van der Waals surface area contributed by atoms with Crippen LogP contribution in [0.25, 0.3) is 11.1 Å². The SMILES string of the molecule is CCOCc1cc(OC)c(-c2ccc(CCC(=O)OC)c3c2CN(N)N3C)c(OC)c1. The third kappa shape index (κ3) is 4.61. The summed E-state index contributed by atoms with van der Waals surface area (Å²) in [7, 11) is 6.61. The largest absolute Gasteiger partial charge is 0.496 e. The van der Waals surface area contributed by atoms with Crippen LogP contribution in [0.3, 0.4) is 0 Å². The van der Waals surface area contributed by atoms with Gasteiger partial charge in [0, 0.05) is 25.6 Å². The number of nitrogens with two attached hydrogens (primary N) is 1. The van der Waals surface area contributed by atoms with Gasteiger partial charge in [0.1, 0.15) is 11.5 Å². The van der Waals surface area contributed by atoms with E-state index in [1.54, 1.807) is 19.3 Å². The van der Waals surface area contributed by atoms with E-state index in [4.69, 9.17) is 24.8 Å². The molecule has 0 radical (unpaired) electrons. The van der Waals surface area contributed by atoms with Crippen molar-refractivity contribution in [1.29, 1.82) is 0 Å². The zero-order chi connectivity index (χ0) is 22.5. The molecular formula is C23H31N3O5.